The molecule has 1 aliphatic rings. The first-order valence-electron chi connectivity index (χ1n) is 7.72. The summed E-state index contributed by atoms with van der Waals surface area (Å²) in [4.78, 5) is 2.56. The molecule has 1 saturated heterocycles. The molecule has 1 unspecified atom stereocenters. The van der Waals surface area contributed by atoms with Gasteiger partial charge in [0, 0.05) is 44.8 Å². The van der Waals surface area contributed by atoms with Crippen LogP contribution in [0.3, 0.4) is 0 Å². The minimum absolute atomic E-state index is 0.147. The second-order valence-electron chi connectivity index (χ2n) is 5.79. The van der Waals surface area contributed by atoms with Crippen LogP contribution in [0.2, 0.25) is 0 Å². The number of hydrogen-bond acceptors (Lipinski definition) is 4. The lowest BCUT2D eigenvalue weighted by atomic mass is 9.81. The normalized spacial score (nSPS) is 24.3. The van der Waals surface area contributed by atoms with Crippen molar-refractivity contribution in [1.29, 1.82) is 0 Å². The van der Waals surface area contributed by atoms with Gasteiger partial charge in [0.15, 0.2) is 0 Å². The molecule has 1 atom stereocenters. The minimum Gasteiger partial charge on any atom is -0.383 e. The summed E-state index contributed by atoms with van der Waals surface area (Å²) >= 11 is 0. The molecule has 4 nitrogen and oxygen atoms in total. The summed E-state index contributed by atoms with van der Waals surface area (Å²) in [5.74, 6) is 0. The monoisotopic (exact) mass is 272 g/mol. The van der Waals surface area contributed by atoms with E-state index < -0.39 is 0 Å². The molecule has 0 aromatic heterocycles. The average molecular weight is 272 g/mol. The summed E-state index contributed by atoms with van der Waals surface area (Å²) in [6.07, 6.45) is 4.69. The van der Waals surface area contributed by atoms with Crippen LogP contribution >= 0.6 is 0 Å². The Balaban J connectivity index is 2.67. The number of ether oxygens (including phenoxy) is 2. The van der Waals surface area contributed by atoms with Gasteiger partial charge in [-0.25, -0.2) is 0 Å². The Kier molecular flexibility index (Phi) is 7.91. The SMILES string of the molecule is CCC(CC)N(CCOC)CC1(CN)CCCOC1. The van der Waals surface area contributed by atoms with Gasteiger partial charge in [-0.2, -0.15) is 0 Å². The van der Waals surface area contributed by atoms with Crippen LogP contribution in [0.25, 0.3) is 0 Å². The average Bonchev–Trinajstić information content (AvgIpc) is 2.46. The topological polar surface area (TPSA) is 47.7 Å². The van der Waals surface area contributed by atoms with Crippen LogP contribution < -0.4 is 5.73 Å². The zero-order chi connectivity index (χ0) is 14.1. The predicted octanol–water partition coefficient (Wildman–Crippen LogP) is 1.88. The molecule has 4 heteroatoms. The highest BCUT2D eigenvalue weighted by Gasteiger charge is 2.34. The summed E-state index contributed by atoms with van der Waals surface area (Å²) in [5.41, 5.74) is 6.21. The van der Waals surface area contributed by atoms with Crippen molar-refractivity contribution < 1.29 is 9.47 Å². The van der Waals surface area contributed by atoms with E-state index in [9.17, 15) is 0 Å². The molecule has 2 N–H and O–H groups in total. The summed E-state index contributed by atoms with van der Waals surface area (Å²) in [7, 11) is 1.77. The van der Waals surface area contributed by atoms with Gasteiger partial charge in [0.25, 0.3) is 0 Å². The molecule has 0 amide bonds. The summed E-state index contributed by atoms with van der Waals surface area (Å²) in [6, 6.07) is 0.625. The van der Waals surface area contributed by atoms with E-state index in [0.717, 1.165) is 45.9 Å². The third-order valence-electron chi connectivity index (χ3n) is 4.42. The van der Waals surface area contributed by atoms with Gasteiger partial charge in [0.05, 0.1) is 13.2 Å². The van der Waals surface area contributed by atoms with Crippen LogP contribution in [0.4, 0.5) is 0 Å². The lowest BCUT2D eigenvalue weighted by Gasteiger charge is -2.42. The van der Waals surface area contributed by atoms with Crippen molar-refractivity contribution in [3.8, 4) is 0 Å². The second kappa shape index (κ2) is 8.90. The van der Waals surface area contributed by atoms with Crippen LogP contribution in [0.1, 0.15) is 39.5 Å². The smallest absolute Gasteiger partial charge is 0.0589 e. The highest BCUT2D eigenvalue weighted by molar-refractivity contribution is 4.87. The Hall–Kier alpha value is -0.160. The van der Waals surface area contributed by atoms with Crippen LogP contribution in [-0.4, -0.2) is 57.5 Å². The maximum Gasteiger partial charge on any atom is 0.0589 e. The molecule has 0 aliphatic carbocycles. The molecule has 1 rings (SSSR count). The van der Waals surface area contributed by atoms with Gasteiger partial charge >= 0.3 is 0 Å². The lowest BCUT2D eigenvalue weighted by molar-refractivity contribution is -0.0330. The summed E-state index contributed by atoms with van der Waals surface area (Å²) < 4.78 is 11.0. The van der Waals surface area contributed by atoms with Gasteiger partial charge < -0.3 is 15.2 Å². The first-order chi connectivity index (χ1) is 9.21. The quantitative estimate of drug-likeness (QED) is 0.696. The van der Waals surface area contributed by atoms with E-state index in [4.69, 9.17) is 15.2 Å². The molecule has 114 valence electrons. The molecule has 0 aromatic carbocycles. The zero-order valence-electron chi connectivity index (χ0n) is 13.0. The number of nitrogens with two attached hydrogens (primary N) is 1. The standard InChI is InChI=1S/C15H32N2O2/c1-4-14(5-2)17(8-10-18-3)12-15(11-16)7-6-9-19-13-15/h14H,4-13,16H2,1-3H3. The van der Waals surface area contributed by atoms with Crippen molar-refractivity contribution in [2.45, 2.75) is 45.6 Å². The number of rotatable bonds is 9. The van der Waals surface area contributed by atoms with Crippen molar-refractivity contribution in [3.63, 3.8) is 0 Å². The molecule has 0 bridgehead atoms. The minimum atomic E-state index is 0.147. The Morgan fingerprint density at radius 3 is 2.58 bits per heavy atom. The predicted molar refractivity (Wildman–Crippen MR) is 79.4 cm³/mol. The Bertz CT molecular complexity index is 226. The highest BCUT2D eigenvalue weighted by atomic mass is 16.5. The maximum atomic E-state index is 6.06. The molecular weight excluding hydrogens is 240 g/mol. The van der Waals surface area contributed by atoms with Gasteiger partial charge in [-0.1, -0.05) is 13.8 Å². The molecule has 0 aromatic rings. The van der Waals surface area contributed by atoms with E-state index in [1.54, 1.807) is 7.11 Å². The van der Waals surface area contributed by atoms with Gasteiger partial charge in [0.1, 0.15) is 0 Å². The largest absolute Gasteiger partial charge is 0.383 e. The van der Waals surface area contributed by atoms with Crippen LogP contribution in [0, 0.1) is 5.41 Å². The molecule has 1 heterocycles. The Morgan fingerprint density at radius 2 is 2.11 bits per heavy atom. The molecule has 1 fully saturated rings. The lowest BCUT2D eigenvalue weighted by Crippen LogP contribution is -2.51. The van der Waals surface area contributed by atoms with E-state index in [2.05, 4.69) is 18.7 Å². The third kappa shape index (κ3) is 5.03. The highest BCUT2D eigenvalue weighted by Crippen LogP contribution is 2.29. The second-order valence-corrected chi connectivity index (χ2v) is 5.79. The first kappa shape index (κ1) is 16.9. The van der Waals surface area contributed by atoms with E-state index >= 15 is 0 Å². The van der Waals surface area contributed by atoms with Crippen molar-refractivity contribution in [2.24, 2.45) is 11.1 Å². The van der Waals surface area contributed by atoms with Crippen molar-refractivity contribution in [1.82, 2.24) is 4.90 Å². The maximum absolute atomic E-state index is 6.06. The van der Waals surface area contributed by atoms with Crippen molar-refractivity contribution in [3.05, 3.63) is 0 Å². The molecule has 19 heavy (non-hydrogen) atoms. The number of methoxy groups -OCH3 is 1. The molecule has 0 saturated carbocycles. The van der Waals surface area contributed by atoms with Crippen molar-refractivity contribution >= 4 is 0 Å². The van der Waals surface area contributed by atoms with E-state index in [1.807, 2.05) is 0 Å². The first-order valence-corrected chi connectivity index (χ1v) is 7.72. The molecule has 0 radical (unpaired) electrons. The van der Waals surface area contributed by atoms with Gasteiger partial charge in [0.2, 0.25) is 0 Å². The fourth-order valence-electron chi connectivity index (χ4n) is 3.10. The number of nitrogens with zero attached hydrogens (tertiary/aromatic N) is 1. The third-order valence-corrected chi connectivity index (χ3v) is 4.42. The van der Waals surface area contributed by atoms with Crippen LogP contribution in [0.5, 0.6) is 0 Å². The van der Waals surface area contributed by atoms with Gasteiger partial charge in [-0.05, 0) is 25.7 Å². The van der Waals surface area contributed by atoms with E-state index in [1.165, 1.54) is 19.3 Å². The van der Waals surface area contributed by atoms with Crippen LogP contribution in [-0.2, 0) is 9.47 Å². The molecular formula is C15H32N2O2. The van der Waals surface area contributed by atoms with E-state index in [-0.39, 0.29) is 5.41 Å². The van der Waals surface area contributed by atoms with Gasteiger partial charge in [-0.15, -0.1) is 0 Å². The molecule has 0 spiro atoms. The molecule has 1 aliphatic heterocycles. The van der Waals surface area contributed by atoms with Crippen LogP contribution in [0.15, 0.2) is 0 Å². The summed E-state index contributed by atoms with van der Waals surface area (Å²) in [5, 5.41) is 0. The fourth-order valence-corrected chi connectivity index (χ4v) is 3.10. The van der Waals surface area contributed by atoms with E-state index in [0.29, 0.717) is 6.04 Å². The number of hydrogen-bond donors (Lipinski definition) is 1. The zero-order valence-corrected chi connectivity index (χ0v) is 13.0. The fraction of sp³-hybridized carbons (Fsp3) is 1.00. The van der Waals surface area contributed by atoms with Crippen molar-refractivity contribution in [2.75, 3.05) is 46.6 Å². The van der Waals surface area contributed by atoms with Gasteiger partial charge in [-0.3, -0.25) is 4.90 Å². The Labute approximate surface area is 118 Å². The summed E-state index contributed by atoms with van der Waals surface area (Å²) in [6.45, 7) is 9.78. The Morgan fingerprint density at radius 1 is 1.37 bits per heavy atom.